The van der Waals surface area contributed by atoms with Crippen LogP contribution in [-0.2, 0) is 4.74 Å². The van der Waals surface area contributed by atoms with Gasteiger partial charge in [-0.25, -0.2) is 0 Å². The van der Waals surface area contributed by atoms with E-state index < -0.39 is 0 Å². The molecule has 0 radical (unpaired) electrons. The zero-order chi connectivity index (χ0) is 20.6. The van der Waals surface area contributed by atoms with Crippen molar-refractivity contribution in [3.05, 3.63) is 0 Å². The Morgan fingerprint density at radius 3 is 2.31 bits per heavy atom. The van der Waals surface area contributed by atoms with Gasteiger partial charge < -0.3 is 4.74 Å². The molecule has 0 bridgehead atoms. The molecule has 1 aliphatic heterocycles. The van der Waals surface area contributed by atoms with Crippen molar-refractivity contribution in [2.45, 2.75) is 118 Å². The van der Waals surface area contributed by atoms with Gasteiger partial charge in [0.15, 0.2) is 0 Å². The Kier molecular flexibility index (Phi) is 5.21. The second-order valence-electron chi connectivity index (χ2n) is 13.3. The van der Waals surface area contributed by atoms with Crippen LogP contribution in [0.4, 0.5) is 0 Å². The van der Waals surface area contributed by atoms with Crippen LogP contribution in [-0.4, -0.2) is 12.2 Å². The summed E-state index contributed by atoms with van der Waals surface area (Å²) in [4.78, 5) is 0. The summed E-state index contributed by atoms with van der Waals surface area (Å²) in [6, 6.07) is 0. The fourth-order valence-corrected chi connectivity index (χ4v) is 10.1. The molecule has 29 heavy (non-hydrogen) atoms. The van der Waals surface area contributed by atoms with Gasteiger partial charge in [-0.3, -0.25) is 0 Å². The zero-order valence-corrected chi connectivity index (χ0v) is 20.3. The number of epoxide rings is 1. The first kappa shape index (κ1) is 20.8. The van der Waals surface area contributed by atoms with E-state index in [9.17, 15) is 0 Å². The van der Waals surface area contributed by atoms with Gasteiger partial charge in [0.05, 0.1) is 12.2 Å². The molecule has 1 heteroatoms. The number of fused-ring (bicyclic) bond motifs is 7. The average molecular weight is 401 g/mol. The van der Waals surface area contributed by atoms with Crippen molar-refractivity contribution < 1.29 is 4.74 Å². The number of hydrogen-bond donors (Lipinski definition) is 0. The van der Waals surface area contributed by atoms with Crippen LogP contribution in [0.3, 0.4) is 0 Å². The van der Waals surface area contributed by atoms with E-state index in [2.05, 4.69) is 41.5 Å². The third-order valence-corrected chi connectivity index (χ3v) is 11.4. The van der Waals surface area contributed by atoms with Crippen LogP contribution in [0, 0.1) is 58.2 Å². The molecule has 4 saturated carbocycles. The Hall–Kier alpha value is -0.0400. The first-order chi connectivity index (χ1) is 13.8. The maximum Gasteiger partial charge on any atom is 0.0878 e. The molecule has 1 heterocycles. The topological polar surface area (TPSA) is 12.5 Å². The monoisotopic (exact) mass is 400 g/mol. The van der Waals surface area contributed by atoms with Crippen molar-refractivity contribution in [2.75, 3.05) is 0 Å². The smallest absolute Gasteiger partial charge is 0.0878 e. The van der Waals surface area contributed by atoms with Crippen LogP contribution < -0.4 is 0 Å². The van der Waals surface area contributed by atoms with Crippen LogP contribution in [0.5, 0.6) is 0 Å². The molecule has 1 saturated heterocycles. The Labute approximate surface area is 181 Å². The van der Waals surface area contributed by atoms with Crippen LogP contribution in [0.2, 0.25) is 0 Å². The molecule has 1 nitrogen and oxygen atoms in total. The second kappa shape index (κ2) is 7.25. The highest BCUT2D eigenvalue weighted by atomic mass is 16.6. The molecule has 11 atom stereocenters. The lowest BCUT2D eigenvalue weighted by Crippen LogP contribution is -2.55. The molecule has 0 aromatic rings. The average Bonchev–Trinajstić information content (AvgIpc) is 3.36. The SMILES string of the molecule is CC(C)CCC[C@@H](C)[C@H]1CC[C@H]2[C@@H]3CCC4C5OC5C(C)C[C@]4(C)[C@H]3CC[C@]12C. The predicted molar refractivity (Wildman–Crippen MR) is 122 cm³/mol. The minimum absolute atomic E-state index is 0.572. The molecular weight excluding hydrogens is 352 g/mol. The summed E-state index contributed by atoms with van der Waals surface area (Å²) in [7, 11) is 0. The summed E-state index contributed by atoms with van der Waals surface area (Å²) in [5, 5.41) is 0. The van der Waals surface area contributed by atoms with Crippen molar-refractivity contribution in [1.82, 2.24) is 0 Å². The fourth-order valence-electron chi connectivity index (χ4n) is 10.1. The minimum Gasteiger partial charge on any atom is -0.369 e. The molecule has 0 aromatic heterocycles. The molecule has 4 aliphatic carbocycles. The van der Waals surface area contributed by atoms with Crippen LogP contribution >= 0.6 is 0 Å². The third-order valence-electron chi connectivity index (χ3n) is 11.4. The van der Waals surface area contributed by atoms with Crippen LogP contribution in [0.1, 0.15) is 106 Å². The van der Waals surface area contributed by atoms with Gasteiger partial charge >= 0.3 is 0 Å². The standard InChI is InChI=1S/C28H48O/c1-17(2)8-7-9-18(3)21-12-13-22-20-10-11-24-26-25(29-26)19(4)16-28(24,6)23(20)14-15-27(21,22)5/h17-26H,7-16H2,1-6H3/t18-,19?,20+,21-,22+,23+,24?,25?,26?,27-,28-/m1/s1. The Morgan fingerprint density at radius 1 is 0.828 bits per heavy atom. The van der Waals surface area contributed by atoms with Crippen molar-refractivity contribution in [2.24, 2.45) is 58.2 Å². The molecule has 5 aliphatic rings. The summed E-state index contributed by atoms with van der Waals surface area (Å²) in [5.74, 6) is 7.49. The first-order valence-corrected chi connectivity index (χ1v) is 13.4. The molecule has 5 fully saturated rings. The van der Waals surface area contributed by atoms with Gasteiger partial charge in [0.2, 0.25) is 0 Å². The maximum absolute atomic E-state index is 6.21. The van der Waals surface area contributed by atoms with Gasteiger partial charge in [0.25, 0.3) is 0 Å². The maximum atomic E-state index is 6.21. The molecule has 0 amide bonds. The zero-order valence-electron chi connectivity index (χ0n) is 20.3. The van der Waals surface area contributed by atoms with Gasteiger partial charge in [-0.2, -0.15) is 0 Å². The number of rotatable bonds is 5. The molecule has 0 spiro atoms. The summed E-state index contributed by atoms with van der Waals surface area (Å²) in [6.45, 7) is 15.3. The fraction of sp³-hybridized carbons (Fsp3) is 1.00. The van der Waals surface area contributed by atoms with E-state index >= 15 is 0 Å². The Bertz CT molecular complexity index is 611. The van der Waals surface area contributed by atoms with Crippen molar-refractivity contribution in [3.63, 3.8) is 0 Å². The highest BCUT2D eigenvalue weighted by Gasteiger charge is 2.66. The van der Waals surface area contributed by atoms with Crippen molar-refractivity contribution in [3.8, 4) is 0 Å². The summed E-state index contributed by atoms with van der Waals surface area (Å²) >= 11 is 0. The molecule has 5 rings (SSSR count). The van der Waals surface area contributed by atoms with E-state index in [-0.39, 0.29) is 0 Å². The molecule has 0 aromatic carbocycles. The molecule has 4 unspecified atom stereocenters. The van der Waals surface area contributed by atoms with Gasteiger partial charge in [-0.1, -0.05) is 60.8 Å². The lowest BCUT2D eigenvalue weighted by atomic mass is 9.44. The van der Waals surface area contributed by atoms with E-state index in [0.717, 1.165) is 47.3 Å². The van der Waals surface area contributed by atoms with E-state index in [1.54, 1.807) is 0 Å². The van der Waals surface area contributed by atoms with Crippen LogP contribution in [0.15, 0.2) is 0 Å². The lowest BCUT2D eigenvalue weighted by molar-refractivity contribution is -0.117. The number of ether oxygens (including phenoxy) is 1. The first-order valence-electron chi connectivity index (χ1n) is 13.4. The normalized spacial score (nSPS) is 54.3. The van der Waals surface area contributed by atoms with Gasteiger partial charge in [-0.15, -0.1) is 0 Å². The lowest BCUT2D eigenvalue weighted by Gasteiger charge is -2.60. The molecule has 0 N–H and O–H groups in total. The third kappa shape index (κ3) is 3.18. The summed E-state index contributed by atoms with van der Waals surface area (Å²) in [5.41, 5.74) is 1.21. The van der Waals surface area contributed by atoms with Crippen molar-refractivity contribution in [1.29, 1.82) is 0 Å². The number of hydrogen-bond acceptors (Lipinski definition) is 1. The molecular formula is C28H48O. The molecule has 166 valence electrons. The Balaban J connectivity index is 1.31. The van der Waals surface area contributed by atoms with E-state index in [0.29, 0.717) is 23.0 Å². The highest BCUT2D eigenvalue weighted by molar-refractivity contribution is 5.14. The predicted octanol–water partition coefficient (Wildman–Crippen LogP) is 7.73. The van der Waals surface area contributed by atoms with E-state index in [1.165, 1.54) is 64.2 Å². The summed E-state index contributed by atoms with van der Waals surface area (Å²) < 4.78 is 6.21. The minimum atomic E-state index is 0.572. The van der Waals surface area contributed by atoms with Crippen LogP contribution in [0.25, 0.3) is 0 Å². The summed E-state index contributed by atoms with van der Waals surface area (Å²) in [6.07, 6.45) is 16.1. The largest absolute Gasteiger partial charge is 0.369 e. The van der Waals surface area contributed by atoms with E-state index in [1.807, 2.05) is 0 Å². The quantitative estimate of drug-likeness (QED) is 0.430. The van der Waals surface area contributed by atoms with Gasteiger partial charge in [0, 0.05) is 0 Å². The van der Waals surface area contributed by atoms with Gasteiger partial charge in [0.1, 0.15) is 0 Å². The van der Waals surface area contributed by atoms with Crippen molar-refractivity contribution >= 4 is 0 Å². The highest BCUT2D eigenvalue weighted by Crippen LogP contribution is 2.70. The Morgan fingerprint density at radius 2 is 1.55 bits per heavy atom. The second-order valence-corrected chi connectivity index (χ2v) is 13.3. The van der Waals surface area contributed by atoms with E-state index in [4.69, 9.17) is 4.74 Å². The van der Waals surface area contributed by atoms with Gasteiger partial charge in [-0.05, 0) is 103 Å².